The molecule has 1 atom stereocenters. The highest BCUT2D eigenvalue weighted by atomic mass is 35.5. The molecule has 0 spiro atoms. The molecule has 2 N–H and O–H groups in total. The third-order valence-electron chi connectivity index (χ3n) is 2.10. The van der Waals surface area contributed by atoms with E-state index in [-0.39, 0.29) is 12.5 Å². The number of rotatable bonds is 2. The smallest absolute Gasteiger partial charge is 0.158 e. The van der Waals surface area contributed by atoms with E-state index in [9.17, 15) is 0 Å². The van der Waals surface area contributed by atoms with Gasteiger partial charge in [0.25, 0.3) is 0 Å². The van der Waals surface area contributed by atoms with Crippen molar-refractivity contribution in [2.45, 2.75) is 12.5 Å². The van der Waals surface area contributed by atoms with Gasteiger partial charge in [-0.25, -0.2) is 9.97 Å². The first-order valence-electron chi connectivity index (χ1n) is 4.33. The Morgan fingerprint density at radius 1 is 1.60 bits per heavy atom. The van der Waals surface area contributed by atoms with Crippen LogP contribution in [-0.4, -0.2) is 14.4 Å². The van der Waals surface area contributed by atoms with Gasteiger partial charge in [-0.2, -0.15) is 5.26 Å². The molecule has 0 saturated carbocycles. The van der Waals surface area contributed by atoms with Crippen LogP contribution < -0.4 is 5.73 Å². The maximum atomic E-state index is 8.56. The standard InChI is InChI=1S/C9H8ClN5/c10-6-3-13-5-15-8(4-14-9(6)15)7(12)1-2-11/h3-5,7H,1,12H2. The predicted octanol–water partition coefficient (Wildman–Crippen LogP) is 1.30. The van der Waals surface area contributed by atoms with Crippen LogP contribution in [0, 0.1) is 11.3 Å². The third-order valence-corrected chi connectivity index (χ3v) is 2.37. The van der Waals surface area contributed by atoms with Crippen molar-refractivity contribution in [2.75, 3.05) is 0 Å². The molecule has 0 aliphatic heterocycles. The van der Waals surface area contributed by atoms with Crippen LogP contribution >= 0.6 is 11.6 Å². The number of hydrogen-bond donors (Lipinski definition) is 1. The van der Waals surface area contributed by atoms with Gasteiger partial charge in [0.2, 0.25) is 0 Å². The minimum absolute atomic E-state index is 0.236. The van der Waals surface area contributed by atoms with Crippen LogP contribution in [0.5, 0.6) is 0 Å². The van der Waals surface area contributed by atoms with Gasteiger partial charge in [-0.3, -0.25) is 4.40 Å². The molecule has 5 nitrogen and oxygen atoms in total. The molecule has 15 heavy (non-hydrogen) atoms. The van der Waals surface area contributed by atoms with Gasteiger partial charge in [-0.15, -0.1) is 0 Å². The van der Waals surface area contributed by atoms with E-state index in [2.05, 4.69) is 9.97 Å². The van der Waals surface area contributed by atoms with Gasteiger partial charge in [0.15, 0.2) is 5.65 Å². The van der Waals surface area contributed by atoms with Gasteiger partial charge in [0.1, 0.15) is 11.3 Å². The highest BCUT2D eigenvalue weighted by molar-refractivity contribution is 6.33. The molecule has 2 rings (SSSR count). The van der Waals surface area contributed by atoms with Crippen molar-refractivity contribution in [3.8, 4) is 6.07 Å². The number of aromatic nitrogens is 3. The Morgan fingerprint density at radius 3 is 3.13 bits per heavy atom. The average Bonchev–Trinajstić information content (AvgIpc) is 2.63. The highest BCUT2D eigenvalue weighted by Crippen LogP contribution is 2.19. The third kappa shape index (κ3) is 1.65. The first-order chi connectivity index (χ1) is 7.24. The fourth-order valence-electron chi connectivity index (χ4n) is 1.37. The first kappa shape index (κ1) is 9.90. The van der Waals surface area contributed by atoms with Crippen LogP contribution in [-0.2, 0) is 0 Å². The molecular weight excluding hydrogens is 214 g/mol. The Kier molecular flexibility index (Phi) is 2.54. The van der Waals surface area contributed by atoms with Crippen LogP contribution in [0.2, 0.25) is 5.02 Å². The molecule has 76 valence electrons. The molecular formula is C9H8ClN5. The fraction of sp³-hybridized carbons (Fsp3) is 0.222. The second kappa shape index (κ2) is 3.85. The summed E-state index contributed by atoms with van der Waals surface area (Å²) < 4.78 is 1.70. The largest absolute Gasteiger partial charge is 0.322 e. The topological polar surface area (TPSA) is 80.0 Å². The van der Waals surface area contributed by atoms with Crippen molar-refractivity contribution in [3.63, 3.8) is 0 Å². The Balaban J connectivity index is 2.55. The summed E-state index contributed by atoms with van der Waals surface area (Å²) in [5, 5.41) is 9.03. The lowest BCUT2D eigenvalue weighted by Gasteiger charge is -2.06. The van der Waals surface area contributed by atoms with Gasteiger partial charge >= 0.3 is 0 Å². The Hall–Kier alpha value is -1.64. The van der Waals surface area contributed by atoms with Crippen molar-refractivity contribution in [1.29, 1.82) is 5.26 Å². The van der Waals surface area contributed by atoms with E-state index in [4.69, 9.17) is 22.6 Å². The predicted molar refractivity (Wildman–Crippen MR) is 55.2 cm³/mol. The quantitative estimate of drug-likeness (QED) is 0.829. The SMILES string of the molecule is N#CCC(N)c1cnc2c(Cl)cncn12. The van der Waals surface area contributed by atoms with Crippen LogP contribution in [0.15, 0.2) is 18.7 Å². The van der Waals surface area contributed by atoms with Gasteiger partial charge < -0.3 is 5.73 Å². The molecule has 0 radical (unpaired) electrons. The highest BCUT2D eigenvalue weighted by Gasteiger charge is 2.12. The van der Waals surface area contributed by atoms with Crippen molar-refractivity contribution >= 4 is 17.2 Å². The fourth-order valence-corrected chi connectivity index (χ4v) is 1.57. The molecule has 0 aromatic carbocycles. The molecule has 2 aromatic rings. The van der Waals surface area contributed by atoms with Crippen molar-refractivity contribution in [1.82, 2.24) is 14.4 Å². The summed E-state index contributed by atoms with van der Waals surface area (Å²) in [5.41, 5.74) is 7.16. The molecule has 0 saturated heterocycles. The second-order valence-electron chi connectivity index (χ2n) is 3.09. The number of nitriles is 1. The maximum Gasteiger partial charge on any atom is 0.158 e. The average molecular weight is 222 g/mol. The monoisotopic (exact) mass is 221 g/mol. The Bertz CT molecular complexity index is 527. The van der Waals surface area contributed by atoms with E-state index in [1.165, 1.54) is 6.20 Å². The molecule has 2 heterocycles. The van der Waals surface area contributed by atoms with E-state index in [1.807, 2.05) is 6.07 Å². The zero-order valence-corrected chi connectivity index (χ0v) is 8.52. The van der Waals surface area contributed by atoms with Crippen LogP contribution in [0.4, 0.5) is 0 Å². The molecule has 0 fully saturated rings. The zero-order chi connectivity index (χ0) is 10.8. The summed E-state index contributed by atoms with van der Waals surface area (Å²) >= 11 is 5.90. The van der Waals surface area contributed by atoms with Gasteiger partial charge in [-0.1, -0.05) is 11.6 Å². The number of imidazole rings is 1. The molecule has 0 amide bonds. The minimum Gasteiger partial charge on any atom is -0.322 e. The van der Waals surface area contributed by atoms with E-state index in [0.29, 0.717) is 10.7 Å². The summed E-state index contributed by atoms with van der Waals surface area (Å²) in [7, 11) is 0. The lowest BCUT2D eigenvalue weighted by atomic mass is 10.2. The molecule has 0 bridgehead atoms. The minimum atomic E-state index is -0.370. The number of nitrogens with two attached hydrogens (primary N) is 1. The number of hydrogen-bond acceptors (Lipinski definition) is 4. The molecule has 0 aliphatic carbocycles. The van der Waals surface area contributed by atoms with Crippen molar-refractivity contribution < 1.29 is 0 Å². The summed E-state index contributed by atoms with van der Waals surface area (Å²) in [5.74, 6) is 0. The van der Waals surface area contributed by atoms with E-state index >= 15 is 0 Å². The number of nitrogens with zero attached hydrogens (tertiary/aromatic N) is 4. The summed E-state index contributed by atoms with van der Waals surface area (Å²) in [6.45, 7) is 0. The maximum absolute atomic E-state index is 8.56. The van der Waals surface area contributed by atoms with Gasteiger partial charge in [0, 0.05) is 0 Å². The summed E-state index contributed by atoms with van der Waals surface area (Å²) in [6.07, 6.45) is 4.95. The Labute approximate surface area is 91.1 Å². The van der Waals surface area contributed by atoms with Crippen molar-refractivity contribution in [3.05, 3.63) is 29.4 Å². The number of halogens is 1. The van der Waals surface area contributed by atoms with Crippen molar-refractivity contribution in [2.24, 2.45) is 5.73 Å². The number of fused-ring (bicyclic) bond motifs is 1. The summed E-state index contributed by atoms with van der Waals surface area (Å²) in [6, 6.07) is 1.65. The van der Waals surface area contributed by atoms with Gasteiger partial charge in [-0.05, 0) is 0 Å². The lowest BCUT2D eigenvalue weighted by Crippen LogP contribution is -2.11. The van der Waals surface area contributed by atoms with Crippen LogP contribution in [0.1, 0.15) is 18.2 Å². The molecule has 2 aromatic heterocycles. The van der Waals surface area contributed by atoms with Gasteiger partial charge in [0.05, 0.1) is 36.6 Å². The molecule has 6 heteroatoms. The zero-order valence-electron chi connectivity index (χ0n) is 7.76. The molecule has 0 aliphatic rings. The van der Waals surface area contributed by atoms with E-state index in [0.717, 1.165) is 5.69 Å². The first-order valence-corrected chi connectivity index (χ1v) is 4.71. The second-order valence-corrected chi connectivity index (χ2v) is 3.49. The molecule has 1 unspecified atom stereocenters. The normalized spacial score (nSPS) is 12.6. The van der Waals surface area contributed by atoms with E-state index < -0.39 is 0 Å². The van der Waals surface area contributed by atoms with Crippen LogP contribution in [0.25, 0.3) is 5.65 Å². The van der Waals surface area contributed by atoms with E-state index in [1.54, 1.807) is 16.9 Å². The lowest BCUT2D eigenvalue weighted by molar-refractivity contribution is 0.708. The Morgan fingerprint density at radius 2 is 2.40 bits per heavy atom. The van der Waals surface area contributed by atoms with Crippen LogP contribution in [0.3, 0.4) is 0 Å². The summed E-state index contributed by atoms with van der Waals surface area (Å²) in [4.78, 5) is 8.06.